The third-order valence-electron chi connectivity index (χ3n) is 2.44. The summed E-state index contributed by atoms with van der Waals surface area (Å²) in [7, 11) is -2.87. The van der Waals surface area contributed by atoms with Gasteiger partial charge in [0.15, 0.2) is 9.84 Å². The average molecular weight is 234 g/mol. The van der Waals surface area contributed by atoms with Crippen LogP contribution in [0.15, 0.2) is 0 Å². The van der Waals surface area contributed by atoms with Crippen molar-refractivity contribution in [3.8, 4) is 0 Å². The van der Waals surface area contributed by atoms with E-state index in [1.807, 2.05) is 13.8 Å². The largest absolute Gasteiger partial charge is 0.370 e. The second-order valence-electron chi connectivity index (χ2n) is 4.77. The number of rotatable bonds is 4. The van der Waals surface area contributed by atoms with Gasteiger partial charge in [-0.25, -0.2) is 8.42 Å². The summed E-state index contributed by atoms with van der Waals surface area (Å²) < 4.78 is 22.4. The normalized spacial score (nSPS) is 25.3. The quantitative estimate of drug-likeness (QED) is 0.681. The van der Waals surface area contributed by atoms with E-state index < -0.39 is 15.4 Å². The summed E-state index contributed by atoms with van der Waals surface area (Å²) in [6, 6.07) is -0.0515. The van der Waals surface area contributed by atoms with Crippen LogP contribution in [-0.4, -0.2) is 37.4 Å². The summed E-state index contributed by atoms with van der Waals surface area (Å²) in [5, 5.41) is 3.16. The number of sulfone groups is 1. The first-order chi connectivity index (χ1) is 6.70. The van der Waals surface area contributed by atoms with E-state index in [1.165, 1.54) is 0 Å². The Bertz CT molecular complexity index is 348. The molecule has 0 aromatic heterocycles. The minimum Gasteiger partial charge on any atom is -0.370 e. The first kappa shape index (κ1) is 12.4. The number of carbonyl (C=O) groups is 1. The van der Waals surface area contributed by atoms with Crippen molar-refractivity contribution in [3.63, 3.8) is 0 Å². The number of nitrogens with two attached hydrogens (primary N) is 1. The van der Waals surface area contributed by atoms with Gasteiger partial charge in [-0.3, -0.25) is 4.79 Å². The molecular weight excluding hydrogens is 216 g/mol. The zero-order valence-electron chi connectivity index (χ0n) is 9.12. The summed E-state index contributed by atoms with van der Waals surface area (Å²) >= 11 is 0. The van der Waals surface area contributed by atoms with Crippen molar-refractivity contribution in [2.75, 3.05) is 11.5 Å². The Morgan fingerprint density at radius 1 is 1.53 bits per heavy atom. The molecule has 1 aliphatic rings. The van der Waals surface area contributed by atoms with Gasteiger partial charge in [-0.1, -0.05) is 0 Å². The fourth-order valence-electron chi connectivity index (χ4n) is 1.95. The summed E-state index contributed by atoms with van der Waals surface area (Å²) in [6.07, 6.45) is 0.827. The van der Waals surface area contributed by atoms with Crippen LogP contribution in [-0.2, 0) is 14.6 Å². The van der Waals surface area contributed by atoms with Crippen LogP contribution in [0.1, 0.15) is 26.7 Å². The zero-order chi connectivity index (χ0) is 11.7. The second kappa shape index (κ2) is 4.09. The van der Waals surface area contributed by atoms with Crippen LogP contribution >= 0.6 is 0 Å². The van der Waals surface area contributed by atoms with E-state index >= 15 is 0 Å². The molecule has 0 aromatic carbocycles. The molecular formula is C9H18N2O3S. The molecule has 88 valence electrons. The van der Waals surface area contributed by atoms with Crippen LogP contribution in [0.5, 0.6) is 0 Å². The summed E-state index contributed by atoms with van der Waals surface area (Å²) in [5.41, 5.74) is 4.67. The first-order valence-corrected chi connectivity index (χ1v) is 6.79. The van der Waals surface area contributed by atoms with E-state index in [9.17, 15) is 13.2 Å². The first-order valence-electron chi connectivity index (χ1n) is 4.97. The third-order valence-corrected chi connectivity index (χ3v) is 4.21. The molecule has 0 bridgehead atoms. The number of amides is 1. The average Bonchev–Trinajstić information content (AvgIpc) is 2.25. The number of nitrogens with one attached hydrogen (secondary N) is 1. The maximum absolute atomic E-state index is 11.2. The highest BCUT2D eigenvalue weighted by Gasteiger charge is 2.32. The maximum atomic E-state index is 11.2. The highest BCUT2D eigenvalue weighted by molar-refractivity contribution is 7.91. The van der Waals surface area contributed by atoms with E-state index in [1.54, 1.807) is 0 Å². The Morgan fingerprint density at radius 3 is 2.53 bits per heavy atom. The SMILES string of the molecule is CC(C)(CC(N)=O)NC1CCS(=O)(=O)C1. The molecule has 1 fully saturated rings. The van der Waals surface area contributed by atoms with Crippen LogP contribution in [0, 0.1) is 0 Å². The topological polar surface area (TPSA) is 89.3 Å². The van der Waals surface area contributed by atoms with Gasteiger partial charge in [-0.2, -0.15) is 0 Å². The highest BCUT2D eigenvalue weighted by atomic mass is 32.2. The maximum Gasteiger partial charge on any atom is 0.219 e. The van der Waals surface area contributed by atoms with Crippen LogP contribution in [0.25, 0.3) is 0 Å². The Balaban J connectivity index is 2.52. The lowest BCUT2D eigenvalue weighted by Crippen LogP contribution is -2.48. The standard InChI is InChI=1S/C9H18N2O3S/c1-9(2,5-8(10)12)11-7-3-4-15(13,14)6-7/h7,11H,3-6H2,1-2H3,(H2,10,12). The molecule has 1 amide bonds. The fourth-order valence-corrected chi connectivity index (χ4v) is 3.62. The molecule has 6 heteroatoms. The van der Waals surface area contributed by atoms with Gasteiger partial charge in [-0.15, -0.1) is 0 Å². The molecule has 0 aliphatic carbocycles. The van der Waals surface area contributed by atoms with Gasteiger partial charge in [0, 0.05) is 18.0 Å². The smallest absolute Gasteiger partial charge is 0.219 e. The fraction of sp³-hybridized carbons (Fsp3) is 0.889. The Hall–Kier alpha value is -0.620. The number of primary amides is 1. The lowest BCUT2D eigenvalue weighted by molar-refractivity contribution is -0.119. The Labute approximate surface area is 90.3 Å². The third kappa shape index (κ3) is 4.17. The lowest BCUT2D eigenvalue weighted by Gasteiger charge is -2.28. The van der Waals surface area contributed by atoms with E-state index in [4.69, 9.17) is 5.73 Å². The molecule has 0 spiro atoms. The van der Waals surface area contributed by atoms with Crippen LogP contribution in [0.4, 0.5) is 0 Å². The van der Waals surface area contributed by atoms with Gasteiger partial charge >= 0.3 is 0 Å². The molecule has 0 saturated carbocycles. The van der Waals surface area contributed by atoms with Gasteiger partial charge in [-0.05, 0) is 20.3 Å². The number of hydrogen-bond donors (Lipinski definition) is 2. The van der Waals surface area contributed by atoms with E-state index in [2.05, 4.69) is 5.32 Å². The van der Waals surface area contributed by atoms with Crippen molar-refractivity contribution in [1.29, 1.82) is 0 Å². The minimum absolute atomic E-state index is 0.0515. The summed E-state index contributed by atoms with van der Waals surface area (Å²) in [4.78, 5) is 10.8. The van der Waals surface area contributed by atoms with Crippen molar-refractivity contribution in [1.82, 2.24) is 5.32 Å². The van der Waals surface area contributed by atoms with Gasteiger partial charge in [0.05, 0.1) is 11.5 Å². The van der Waals surface area contributed by atoms with Gasteiger partial charge in [0.2, 0.25) is 5.91 Å². The van der Waals surface area contributed by atoms with Gasteiger partial charge < -0.3 is 11.1 Å². The van der Waals surface area contributed by atoms with Crippen molar-refractivity contribution in [3.05, 3.63) is 0 Å². The summed E-state index contributed by atoms with van der Waals surface area (Å²) in [6.45, 7) is 3.70. The van der Waals surface area contributed by atoms with Crippen molar-refractivity contribution >= 4 is 15.7 Å². The highest BCUT2D eigenvalue weighted by Crippen LogP contribution is 2.16. The van der Waals surface area contributed by atoms with Gasteiger partial charge in [0.25, 0.3) is 0 Å². The molecule has 1 atom stereocenters. The van der Waals surface area contributed by atoms with Crippen molar-refractivity contribution in [2.45, 2.75) is 38.3 Å². The Morgan fingerprint density at radius 2 is 2.13 bits per heavy atom. The predicted molar refractivity (Wildman–Crippen MR) is 58.1 cm³/mol. The monoisotopic (exact) mass is 234 g/mol. The van der Waals surface area contributed by atoms with E-state index in [0.29, 0.717) is 6.42 Å². The molecule has 0 radical (unpaired) electrons. The van der Waals surface area contributed by atoms with E-state index in [0.717, 1.165) is 0 Å². The minimum atomic E-state index is -2.87. The van der Waals surface area contributed by atoms with Crippen LogP contribution in [0.3, 0.4) is 0 Å². The van der Waals surface area contributed by atoms with Crippen molar-refractivity contribution < 1.29 is 13.2 Å². The molecule has 1 unspecified atom stereocenters. The number of hydrogen-bond acceptors (Lipinski definition) is 4. The summed E-state index contributed by atoms with van der Waals surface area (Å²) in [5.74, 6) is 0.0142. The van der Waals surface area contributed by atoms with Gasteiger partial charge in [0.1, 0.15) is 0 Å². The Kier molecular flexibility index (Phi) is 3.40. The molecule has 15 heavy (non-hydrogen) atoms. The zero-order valence-corrected chi connectivity index (χ0v) is 9.93. The second-order valence-corrected chi connectivity index (χ2v) is 7.00. The van der Waals surface area contributed by atoms with E-state index in [-0.39, 0.29) is 29.9 Å². The molecule has 3 N–H and O–H groups in total. The molecule has 1 heterocycles. The van der Waals surface area contributed by atoms with Crippen LogP contribution in [0.2, 0.25) is 0 Å². The number of carbonyl (C=O) groups excluding carboxylic acids is 1. The van der Waals surface area contributed by atoms with Crippen molar-refractivity contribution in [2.24, 2.45) is 5.73 Å². The molecule has 1 rings (SSSR count). The molecule has 5 nitrogen and oxygen atoms in total. The lowest BCUT2D eigenvalue weighted by atomic mass is 9.98. The predicted octanol–water partition coefficient (Wildman–Crippen LogP) is -0.583. The molecule has 0 aromatic rings. The van der Waals surface area contributed by atoms with Crippen LogP contribution < -0.4 is 11.1 Å². The molecule has 1 aliphatic heterocycles. The molecule has 1 saturated heterocycles.